The van der Waals surface area contributed by atoms with E-state index in [9.17, 15) is 0 Å². The first-order valence-electron chi connectivity index (χ1n) is 30.8. The highest BCUT2D eigenvalue weighted by molar-refractivity contribution is 6.15. The van der Waals surface area contributed by atoms with Gasteiger partial charge in [-0.05, 0) is 113 Å². The molecule has 2 aliphatic rings. The van der Waals surface area contributed by atoms with E-state index in [0.717, 1.165) is 100 Å². The topological polar surface area (TPSA) is 118 Å². The minimum Gasteiger partial charge on any atom is -0.312 e. The second kappa shape index (κ2) is 19.8. The van der Waals surface area contributed by atoms with Gasteiger partial charge in [-0.3, -0.25) is 14.5 Å². The molecule has 0 saturated carbocycles. The van der Waals surface area contributed by atoms with Crippen molar-refractivity contribution in [1.29, 1.82) is 0 Å². The number of benzene rings is 9. The largest absolute Gasteiger partial charge is 0.312 e. The van der Waals surface area contributed by atoms with Crippen molar-refractivity contribution in [2.45, 2.75) is 38.5 Å². The smallest absolute Gasteiger partial charge is 0.238 e. The Morgan fingerprint density at radius 2 is 0.681 bits per heavy atom. The number of pyridine rings is 2. The van der Waals surface area contributed by atoms with Crippen molar-refractivity contribution in [2.24, 2.45) is 0 Å². The molecule has 0 spiro atoms. The first-order valence-corrected chi connectivity index (χ1v) is 30.8. The quantitative estimate of drug-likeness (QED) is 0.140. The van der Waals surface area contributed by atoms with E-state index in [-0.39, 0.29) is 5.41 Å². The van der Waals surface area contributed by atoms with E-state index in [0.29, 0.717) is 35.1 Å². The molecule has 0 radical (unpaired) electrons. The van der Waals surface area contributed by atoms with E-state index < -0.39 is 5.41 Å². The van der Waals surface area contributed by atoms with Gasteiger partial charge in [0.05, 0.1) is 39.1 Å². The summed E-state index contributed by atoms with van der Waals surface area (Å²) in [5.41, 5.74) is 21.3. The van der Waals surface area contributed by atoms with E-state index in [1.54, 1.807) is 0 Å². The zero-order chi connectivity index (χ0) is 60.7. The number of hydrogen-bond acceptors (Lipinski definition) is 8. The van der Waals surface area contributed by atoms with Crippen LogP contribution in [0, 0.1) is 0 Å². The lowest BCUT2D eigenvalue weighted by Gasteiger charge is -2.24. The van der Waals surface area contributed by atoms with Crippen LogP contribution in [0.1, 0.15) is 50.5 Å². The standard InChI is InChI=1S/C80H55N11/c1-79(2)69-59(32-21-47-81-69)67-57-29-15-17-33-62(57)89(71(67)79)53-43-39-52(40-44-53)77-86-76(50-26-12-7-13-27-50)87-78(88-77)91-64-35-19-14-28-56(64)66-55(31-20-36-65(66)91)61-46-45-60-68-58-30-16-18-34-63(58)90(72(68)80(3,4)70(60)82-61)54-41-37-51(38-42-54)75-84-73(48-22-8-5-9-23-48)83-74(85-75)49-24-10-6-11-25-49/h5-47H,1-4H3. The molecule has 9 aromatic carbocycles. The Morgan fingerprint density at radius 3 is 1.19 bits per heavy atom. The van der Waals surface area contributed by atoms with Gasteiger partial charge in [0, 0.05) is 117 Å². The van der Waals surface area contributed by atoms with Crippen molar-refractivity contribution in [3.63, 3.8) is 0 Å². The maximum atomic E-state index is 5.76. The van der Waals surface area contributed by atoms with Crippen molar-refractivity contribution in [3.05, 3.63) is 284 Å². The molecule has 91 heavy (non-hydrogen) atoms. The van der Waals surface area contributed by atoms with Crippen LogP contribution >= 0.6 is 0 Å². The summed E-state index contributed by atoms with van der Waals surface area (Å²) < 4.78 is 7.04. The minimum absolute atomic E-state index is 0.322. The fourth-order valence-corrected chi connectivity index (χ4v) is 14.6. The molecule has 7 heterocycles. The van der Waals surface area contributed by atoms with E-state index in [1.165, 1.54) is 38.9 Å². The molecule has 18 rings (SSSR count). The van der Waals surface area contributed by atoms with Gasteiger partial charge >= 0.3 is 0 Å². The molecular formula is C80H55N11. The predicted octanol–water partition coefficient (Wildman–Crippen LogP) is 18.4. The lowest BCUT2D eigenvalue weighted by molar-refractivity contribution is 0.604. The third kappa shape index (κ3) is 7.93. The van der Waals surface area contributed by atoms with Gasteiger partial charge in [-0.2, -0.15) is 9.97 Å². The molecule has 0 atom stereocenters. The average molecular weight is 1170 g/mol. The summed E-state index contributed by atoms with van der Waals surface area (Å²) in [5.74, 6) is 3.55. The molecule has 0 saturated heterocycles. The molecule has 0 unspecified atom stereocenters. The van der Waals surface area contributed by atoms with Gasteiger partial charge in [-0.1, -0.05) is 170 Å². The number of fused-ring (bicyclic) bond motifs is 13. The minimum atomic E-state index is -0.507. The van der Waals surface area contributed by atoms with Crippen molar-refractivity contribution >= 4 is 43.6 Å². The van der Waals surface area contributed by atoms with Gasteiger partial charge in [0.2, 0.25) is 5.95 Å². The monoisotopic (exact) mass is 1170 g/mol. The van der Waals surface area contributed by atoms with Gasteiger partial charge in [-0.25, -0.2) is 19.9 Å². The second-order valence-corrected chi connectivity index (χ2v) is 24.7. The zero-order valence-corrected chi connectivity index (χ0v) is 50.2. The summed E-state index contributed by atoms with van der Waals surface area (Å²) in [6.07, 6.45) is 1.91. The molecule has 0 fully saturated rings. The van der Waals surface area contributed by atoms with Crippen molar-refractivity contribution in [2.75, 3.05) is 0 Å². The number of para-hydroxylation sites is 3. The highest BCUT2D eigenvalue weighted by Crippen LogP contribution is 2.55. The SMILES string of the molecule is CC1(C)c2ncccc2-c2c1n(-c1ccc(-c3nc(-c4ccccc4)nc(-n4c5ccccc5c5c(-c6ccc7c(n6)C(C)(C)c6c-7c7ccccc7n6-c6ccc(-c7nc(-c8ccccc8)nc(-c8ccccc8)n7)cc6)cccc54)n3)cc1)c1ccccc21. The molecule has 2 aliphatic carbocycles. The van der Waals surface area contributed by atoms with E-state index in [4.69, 9.17) is 39.9 Å². The average Bonchev–Trinajstić information content (AvgIpc) is 1.55. The Hall–Kier alpha value is -11.8. The van der Waals surface area contributed by atoms with Gasteiger partial charge in [0.1, 0.15) is 0 Å². The van der Waals surface area contributed by atoms with Crippen LogP contribution in [-0.2, 0) is 10.8 Å². The highest BCUT2D eigenvalue weighted by atomic mass is 15.2. The Labute approximate surface area is 524 Å². The number of aromatic nitrogens is 11. The highest BCUT2D eigenvalue weighted by Gasteiger charge is 2.44. The van der Waals surface area contributed by atoms with Gasteiger partial charge < -0.3 is 9.13 Å². The lowest BCUT2D eigenvalue weighted by atomic mass is 9.88. The second-order valence-electron chi connectivity index (χ2n) is 24.7. The van der Waals surface area contributed by atoms with E-state index >= 15 is 0 Å². The zero-order valence-electron chi connectivity index (χ0n) is 50.2. The summed E-state index contributed by atoms with van der Waals surface area (Å²) in [5, 5.41) is 4.54. The predicted molar refractivity (Wildman–Crippen MR) is 365 cm³/mol. The van der Waals surface area contributed by atoms with Crippen molar-refractivity contribution in [3.8, 4) is 108 Å². The summed E-state index contributed by atoms with van der Waals surface area (Å²) in [7, 11) is 0. The van der Waals surface area contributed by atoms with Crippen LogP contribution in [0.15, 0.2) is 261 Å². The maximum absolute atomic E-state index is 5.76. The molecule has 11 nitrogen and oxygen atoms in total. The molecule has 0 bridgehead atoms. The van der Waals surface area contributed by atoms with Crippen molar-refractivity contribution < 1.29 is 0 Å². The van der Waals surface area contributed by atoms with Gasteiger partial charge in [0.25, 0.3) is 0 Å². The summed E-state index contributed by atoms with van der Waals surface area (Å²) in [6.45, 7) is 9.20. The molecule has 430 valence electrons. The summed E-state index contributed by atoms with van der Waals surface area (Å²) >= 11 is 0. The fraction of sp³-hybridized carbons (Fsp3) is 0.0750. The Balaban J connectivity index is 0.737. The van der Waals surface area contributed by atoms with Gasteiger partial charge in [-0.15, -0.1) is 0 Å². The van der Waals surface area contributed by atoms with Crippen LogP contribution in [0.2, 0.25) is 0 Å². The number of rotatable bonds is 9. The summed E-state index contributed by atoms with van der Waals surface area (Å²) in [4.78, 5) is 41.7. The van der Waals surface area contributed by atoms with Crippen molar-refractivity contribution in [1.82, 2.24) is 53.6 Å². The lowest BCUT2D eigenvalue weighted by Crippen LogP contribution is -2.21. The number of nitrogens with zero attached hydrogens (tertiary/aromatic N) is 11. The van der Waals surface area contributed by atoms with Crippen LogP contribution < -0.4 is 0 Å². The Kier molecular flexibility index (Phi) is 11.4. The summed E-state index contributed by atoms with van der Waals surface area (Å²) in [6, 6.07) is 88.9. The maximum Gasteiger partial charge on any atom is 0.238 e. The van der Waals surface area contributed by atoms with Gasteiger partial charge in [0.15, 0.2) is 29.1 Å². The number of hydrogen-bond donors (Lipinski definition) is 0. The molecule has 0 aliphatic heterocycles. The van der Waals surface area contributed by atoms with Crippen LogP contribution in [0.4, 0.5) is 0 Å². The first-order chi connectivity index (χ1) is 44.7. The molecule has 16 aromatic rings. The Morgan fingerprint density at radius 1 is 0.286 bits per heavy atom. The molecule has 0 amide bonds. The Bertz CT molecular complexity index is 5570. The molecule has 0 N–H and O–H groups in total. The van der Waals surface area contributed by atoms with Crippen LogP contribution in [0.5, 0.6) is 0 Å². The molecular weight excluding hydrogens is 1110 g/mol. The third-order valence-electron chi connectivity index (χ3n) is 18.7. The van der Waals surface area contributed by atoms with Crippen LogP contribution in [0.25, 0.3) is 151 Å². The normalized spacial score (nSPS) is 13.5. The third-order valence-corrected chi connectivity index (χ3v) is 18.7. The first kappa shape index (κ1) is 52.3. The molecule has 7 aromatic heterocycles. The fourth-order valence-electron chi connectivity index (χ4n) is 14.6. The molecule has 11 heteroatoms. The van der Waals surface area contributed by atoms with Crippen LogP contribution in [0.3, 0.4) is 0 Å². The van der Waals surface area contributed by atoms with E-state index in [2.05, 4.69) is 211 Å². The van der Waals surface area contributed by atoms with Crippen LogP contribution in [-0.4, -0.2) is 53.6 Å². The van der Waals surface area contributed by atoms with E-state index in [1.807, 2.05) is 91.1 Å².